The van der Waals surface area contributed by atoms with E-state index in [0.29, 0.717) is 15.1 Å². The Labute approximate surface area is 106 Å². The standard InChI is InChI=1S/C9H7ClN4O2S/c1-13-5-11-12-9(13)17-8-4-6(10)2-3-7(8)14(15)16/h2-5H,1H3. The lowest BCUT2D eigenvalue weighted by Gasteiger charge is -2.02. The fraction of sp³-hybridized carbons (Fsp3) is 0.111. The van der Waals surface area contributed by atoms with Crippen LogP contribution < -0.4 is 0 Å². The van der Waals surface area contributed by atoms with Gasteiger partial charge in [-0.15, -0.1) is 10.2 Å². The molecule has 0 bridgehead atoms. The van der Waals surface area contributed by atoms with Crippen LogP contribution >= 0.6 is 23.4 Å². The summed E-state index contributed by atoms with van der Waals surface area (Å²) in [7, 11) is 1.76. The van der Waals surface area contributed by atoms with Crippen LogP contribution in [0.1, 0.15) is 0 Å². The highest BCUT2D eigenvalue weighted by Gasteiger charge is 2.17. The molecule has 0 fully saturated rings. The predicted octanol–water partition coefficient (Wildman–Crippen LogP) is 2.53. The lowest BCUT2D eigenvalue weighted by molar-refractivity contribution is -0.387. The van der Waals surface area contributed by atoms with Gasteiger partial charge in [0.15, 0.2) is 5.16 Å². The summed E-state index contributed by atoms with van der Waals surface area (Å²) in [6, 6.07) is 4.40. The van der Waals surface area contributed by atoms with Gasteiger partial charge in [0.1, 0.15) is 6.33 Å². The van der Waals surface area contributed by atoms with Gasteiger partial charge in [-0.3, -0.25) is 10.1 Å². The van der Waals surface area contributed by atoms with Crippen LogP contribution in [0, 0.1) is 10.1 Å². The van der Waals surface area contributed by atoms with E-state index < -0.39 is 4.92 Å². The zero-order chi connectivity index (χ0) is 12.4. The molecule has 0 spiro atoms. The van der Waals surface area contributed by atoms with Gasteiger partial charge in [0, 0.05) is 18.1 Å². The van der Waals surface area contributed by atoms with Gasteiger partial charge in [-0.1, -0.05) is 11.6 Å². The second kappa shape index (κ2) is 4.72. The number of hydrogen-bond donors (Lipinski definition) is 0. The fourth-order valence-corrected chi connectivity index (χ4v) is 2.33. The Morgan fingerprint density at radius 2 is 2.29 bits per heavy atom. The lowest BCUT2D eigenvalue weighted by Crippen LogP contribution is -1.93. The van der Waals surface area contributed by atoms with Gasteiger partial charge in [0.2, 0.25) is 0 Å². The van der Waals surface area contributed by atoms with Crippen molar-refractivity contribution in [2.45, 2.75) is 10.1 Å². The van der Waals surface area contributed by atoms with Crippen LogP contribution in [0.3, 0.4) is 0 Å². The first kappa shape index (κ1) is 11.9. The number of nitrogens with zero attached hydrogens (tertiary/aromatic N) is 4. The number of benzene rings is 1. The lowest BCUT2D eigenvalue weighted by atomic mass is 10.3. The number of halogens is 1. The van der Waals surface area contributed by atoms with E-state index >= 15 is 0 Å². The molecule has 8 heteroatoms. The highest BCUT2D eigenvalue weighted by Crippen LogP contribution is 2.35. The Morgan fingerprint density at radius 1 is 1.53 bits per heavy atom. The molecule has 0 unspecified atom stereocenters. The number of nitro benzene ring substituents is 1. The normalized spacial score (nSPS) is 10.5. The van der Waals surface area contributed by atoms with Crippen molar-refractivity contribution in [1.82, 2.24) is 14.8 Å². The summed E-state index contributed by atoms with van der Waals surface area (Å²) in [4.78, 5) is 10.8. The van der Waals surface area contributed by atoms with Crippen molar-refractivity contribution in [3.8, 4) is 0 Å². The zero-order valence-corrected chi connectivity index (χ0v) is 10.3. The summed E-state index contributed by atoms with van der Waals surface area (Å²) in [5.41, 5.74) is 0.00222. The maximum atomic E-state index is 10.9. The van der Waals surface area contributed by atoms with Crippen LogP contribution in [0.4, 0.5) is 5.69 Å². The van der Waals surface area contributed by atoms with Gasteiger partial charge >= 0.3 is 0 Å². The molecular weight excluding hydrogens is 264 g/mol. The second-order valence-electron chi connectivity index (χ2n) is 3.20. The van der Waals surface area contributed by atoms with Crippen LogP contribution in [0.2, 0.25) is 5.02 Å². The molecule has 1 aromatic heterocycles. The molecule has 0 aliphatic rings. The summed E-state index contributed by atoms with van der Waals surface area (Å²) in [6.07, 6.45) is 1.53. The molecule has 0 saturated carbocycles. The highest BCUT2D eigenvalue weighted by atomic mass is 35.5. The van der Waals surface area contributed by atoms with Crippen molar-refractivity contribution in [2.24, 2.45) is 7.05 Å². The quantitative estimate of drug-likeness (QED) is 0.633. The monoisotopic (exact) mass is 270 g/mol. The first-order chi connectivity index (χ1) is 8.08. The molecule has 17 heavy (non-hydrogen) atoms. The SMILES string of the molecule is Cn1cnnc1Sc1cc(Cl)ccc1[N+](=O)[O-]. The zero-order valence-electron chi connectivity index (χ0n) is 8.70. The van der Waals surface area contributed by atoms with Gasteiger partial charge in [0.25, 0.3) is 5.69 Å². The minimum Gasteiger partial charge on any atom is -0.311 e. The van der Waals surface area contributed by atoms with Gasteiger partial charge in [-0.25, -0.2) is 0 Å². The Balaban J connectivity index is 2.41. The Morgan fingerprint density at radius 3 is 2.88 bits per heavy atom. The smallest absolute Gasteiger partial charge is 0.283 e. The Hall–Kier alpha value is -1.60. The predicted molar refractivity (Wildman–Crippen MR) is 63.2 cm³/mol. The van der Waals surface area contributed by atoms with Crippen LogP contribution in [-0.2, 0) is 7.05 Å². The summed E-state index contributed by atoms with van der Waals surface area (Å²) in [5, 5.41) is 19.4. The van der Waals surface area contributed by atoms with E-state index in [-0.39, 0.29) is 5.69 Å². The third-order valence-corrected chi connectivity index (χ3v) is 3.32. The van der Waals surface area contributed by atoms with Crippen molar-refractivity contribution in [3.63, 3.8) is 0 Å². The number of aromatic nitrogens is 3. The molecule has 2 aromatic rings. The fourth-order valence-electron chi connectivity index (χ4n) is 1.18. The summed E-state index contributed by atoms with van der Waals surface area (Å²) < 4.78 is 1.68. The van der Waals surface area contributed by atoms with Crippen molar-refractivity contribution in [3.05, 3.63) is 39.7 Å². The summed E-state index contributed by atoms with van der Waals surface area (Å²) >= 11 is 6.98. The average Bonchev–Trinajstić information content (AvgIpc) is 2.64. The first-order valence-electron chi connectivity index (χ1n) is 4.53. The molecule has 0 N–H and O–H groups in total. The molecule has 2 rings (SSSR count). The Kier molecular flexibility index (Phi) is 3.30. The largest absolute Gasteiger partial charge is 0.311 e. The van der Waals surface area contributed by atoms with Crippen molar-refractivity contribution >= 4 is 29.1 Å². The van der Waals surface area contributed by atoms with Gasteiger partial charge in [-0.05, 0) is 23.9 Å². The molecule has 0 aliphatic heterocycles. The van der Waals surface area contributed by atoms with E-state index in [1.165, 1.54) is 18.5 Å². The third-order valence-electron chi connectivity index (χ3n) is 1.99. The van der Waals surface area contributed by atoms with E-state index in [9.17, 15) is 10.1 Å². The van der Waals surface area contributed by atoms with Crippen LogP contribution in [0.15, 0.2) is 34.6 Å². The van der Waals surface area contributed by atoms with Crippen molar-refractivity contribution < 1.29 is 4.92 Å². The average molecular weight is 271 g/mol. The number of rotatable bonds is 3. The number of hydrogen-bond acceptors (Lipinski definition) is 5. The summed E-state index contributed by atoms with van der Waals surface area (Å²) in [6.45, 7) is 0. The van der Waals surface area contributed by atoms with Crippen LogP contribution in [0.25, 0.3) is 0 Å². The number of nitro groups is 1. The maximum Gasteiger partial charge on any atom is 0.283 e. The minimum absolute atomic E-state index is 0.00222. The van der Waals surface area contributed by atoms with E-state index in [4.69, 9.17) is 11.6 Å². The molecule has 6 nitrogen and oxygen atoms in total. The number of aryl methyl sites for hydroxylation is 1. The molecule has 0 saturated heterocycles. The first-order valence-corrected chi connectivity index (χ1v) is 5.73. The second-order valence-corrected chi connectivity index (χ2v) is 4.64. The van der Waals surface area contributed by atoms with Crippen LogP contribution in [-0.4, -0.2) is 19.7 Å². The Bertz CT molecular complexity index is 572. The molecule has 1 heterocycles. The third kappa shape index (κ3) is 2.56. The molecule has 0 aliphatic carbocycles. The topological polar surface area (TPSA) is 73.8 Å². The van der Waals surface area contributed by atoms with Crippen molar-refractivity contribution in [1.29, 1.82) is 0 Å². The molecule has 0 atom stereocenters. The van der Waals surface area contributed by atoms with E-state index in [2.05, 4.69) is 10.2 Å². The van der Waals surface area contributed by atoms with Gasteiger partial charge in [-0.2, -0.15) is 0 Å². The molecular formula is C9H7ClN4O2S. The van der Waals surface area contributed by atoms with Crippen molar-refractivity contribution in [2.75, 3.05) is 0 Å². The van der Waals surface area contributed by atoms with Gasteiger partial charge < -0.3 is 4.57 Å². The summed E-state index contributed by atoms with van der Waals surface area (Å²) in [5.74, 6) is 0. The molecule has 0 amide bonds. The van der Waals surface area contributed by atoms with E-state index in [0.717, 1.165) is 11.8 Å². The minimum atomic E-state index is -0.449. The highest BCUT2D eigenvalue weighted by molar-refractivity contribution is 7.99. The maximum absolute atomic E-state index is 10.9. The van der Waals surface area contributed by atoms with E-state index in [1.54, 1.807) is 17.7 Å². The van der Waals surface area contributed by atoms with Gasteiger partial charge in [0.05, 0.1) is 9.82 Å². The molecule has 88 valence electrons. The van der Waals surface area contributed by atoms with Crippen LogP contribution in [0.5, 0.6) is 0 Å². The molecule has 0 radical (unpaired) electrons. The van der Waals surface area contributed by atoms with E-state index in [1.807, 2.05) is 0 Å². The molecule has 1 aromatic carbocycles.